The summed E-state index contributed by atoms with van der Waals surface area (Å²) in [6.45, 7) is 23.9. The summed E-state index contributed by atoms with van der Waals surface area (Å²) in [5.41, 5.74) is 4.44. The second-order valence-corrected chi connectivity index (χ2v) is 26.8. The predicted molar refractivity (Wildman–Crippen MR) is 248 cm³/mol. The van der Waals surface area contributed by atoms with E-state index >= 15 is 8.78 Å². The van der Waals surface area contributed by atoms with E-state index < -0.39 is 31.4 Å². The maximum absolute atomic E-state index is 17.9. The van der Waals surface area contributed by atoms with Gasteiger partial charge in [-0.15, -0.1) is 5.54 Å². The van der Waals surface area contributed by atoms with Gasteiger partial charge in [-0.3, -0.25) is 9.80 Å². The van der Waals surface area contributed by atoms with E-state index in [4.69, 9.17) is 29.2 Å². The van der Waals surface area contributed by atoms with Crippen LogP contribution in [0.25, 0.3) is 32.9 Å². The SMILES string of the molecule is CC(C)[Si](C#Cc1c(F)ccc2cccc(-c3nc4c5c(nc(OCC6(CN7CCC(O)C7)CC6)nc5c3F)N3C[C@H]5CC[C@@H]([C@H]3[C@H](C)O4)N5C(=O)OC(C)(C)C)c12)(C(C)C)C(C)C. The van der Waals surface area contributed by atoms with E-state index in [1.54, 1.807) is 12.1 Å². The monoisotopic (exact) mass is 894 g/mol. The van der Waals surface area contributed by atoms with Gasteiger partial charge in [-0.2, -0.15) is 9.97 Å². The summed E-state index contributed by atoms with van der Waals surface area (Å²) in [6, 6.07) is 7.84. The molecule has 4 aliphatic heterocycles. The van der Waals surface area contributed by atoms with E-state index in [-0.39, 0.29) is 64.4 Å². The van der Waals surface area contributed by atoms with Gasteiger partial charge < -0.3 is 24.2 Å². The van der Waals surface area contributed by atoms with Gasteiger partial charge in [0.15, 0.2) is 5.82 Å². The van der Waals surface area contributed by atoms with E-state index in [2.05, 4.69) is 62.8 Å². The summed E-state index contributed by atoms with van der Waals surface area (Å²) in [5.74, 6) is 2.80. The van der Waals surface area contributed by atoms with Crippen LogP contribution in [0.15, 0.2) is 30.3 Å². The molecule has 342 valence electrons. The van der Waals surface area contributed by atoms with E-state index in [9.17, 15) is 9.90 Å². The fourth-order valence-corrected chi connectivity index (χ4v) is 16.9. The predicted octanol–water partition coefficient (Wildman–Crippen LogP) is 9.66. The van der Waals surface area contributed by atoms with E-state index in [0.717, 1.165) is 45.2 Å². The molecule has 3 saturated heterocycles. The Hall–Kier alpha value is -4.58. The van der Waals surface area contributed by atoms with Crippen LogP contribution in [0.3, 0.4) is 0 Å². The van der Waals surface area contributed by atoms with Gasteiger partial charge in [0.1, 0.15) is 48.0 Å². The zero-order valence-electron chi connectivity index (χ0n) is 39.1. The molecular formula is C50H64F2N6O5Si. The molecule has 1 saturated carbocycles. The summed E-state index contributed by atoms with van der Waals surface area (Å²) in [5, 5.41) is 11.7. The number of hydrogen-bond donors (Lipinski definition) is 1. The van der Waals surface area contributed by atoms with Crippen LogP contribution in [-0.2, 0) is 4.74 Å². The Balaban J connectivity index is 1.20. The van der Waals surface area contributed by atoms with Crippen molar-refractivity contribution in [1.82, 2.24) is 24.8 Å². The summed E-state index contributed by atoms with van der Waals surface area (Å²) in [6.07, 6.45) is 2.97. The van der Waals surface area contributed by atoms with Crippen LogP contribution in [0.5, 0.6) is 11.9 Å². The molecule has 2 aromatic carbocycles. The Morgan fingerprint density at radius 1 is 0.984 bits per heavy atom. The van der Waals surface area contributed by atoms with Gasteiger partial charge in [-0.05, 0) is 87.9 Å². The van der Waals surface area contributed by atoms with E-state index in [1.807, 2.05) is 44.7 Å². The number of piperazine rings is 1. The van der Waals surface area contributed by atoms with Crippen molar-refractivity contribution in [3.8, 4) is 34.6 Å². The first kappa shape index (κ1) is 44.6. The second-order valence-electron chi connectivity index (χ2n) is 21.2. The molecular weight excluding hydrogens is 831 g/mol. The quantitative estimate of drug-likeness (QED) is 0.129. The van der Waals surface area contributed by atoms with Gasteiger partial charge in [0.05, 0.1) is 36.4 Å². The number of nitrogens with zero attached hydrogens (tertiary/aromatic N) is 6. The number of rotatable bonds is 9. The maximum Gasteiger partial charge on any atom is 0.410 e. The number of amides is 1. The Kier molecular flexibility index (Phi) is 11.4. The standard InChI is InChI=1S/C50H64F2N6O5Si/c1-28(2)64(29(3)4,30(5)6)23-19-35-37(51)16-14-32-12-11-13-36(39(32)35)42-41(52)43-40-45(55-47(54-43)61-27-50(20-21-50)26-56-22-18-34(59)25-56)57-24-33-15-17-38(44(57)31(7)62-46(40)53-42)58(33)48(60)63-49(8,9)10/h11-14,16,28-31,33-34,38,44,59H,15,17-18,20-22,24-27H2,1-10H3/t31-,33+,34?,38-,44+/m0/s1. The third-order valence-corrected chi connectivity index (χ3v) is 21.2. The lowest BCUT2D eigenvalue weighted by Gasteiger charge is -2.48. The number of aliphatic hydroxyl groups excluding tert-OH is 1. The molecule has 1 unspecified atom stereocenters. The minimum Gasteiger partial charge on any atom is -0.472 e. The fourth-order valence-electron chi connectivity index (χ4n) is 11.7. The first-order valence-electron chi connectivity index (χ1n) is 23.4. The Morgan fingerprint density at radius 2 is 1.72 bits per heavy atom. The third-order valence-electron chi connectivity index (χ3n) is 14.9. The number of pyridine rings is 1. The Labute approximate surface area is 377 Å². The lowest BCUT2D eigenvalue weighted by molar-refractivity contribution is 0.000935. The van der Waals surface area contributed by atoms with E-state index in [0.29, 0.717) is 63.9 Å². The van der Waals surface area contributed by atoms with Crippen LogP contribution in [-0.4, -0.2) is 113 Å². The average Bonchev–Trinajstić information content (AvgIpc) is 3.79. The molecule has 2 aromatic heterocycles. The average molecular weight is 895 g/mol. The number of hydrogen-bond acceptors (Lipinski definition) is 10. The van der Waals surface area contributed by atoms with Crippen molar-refractivity contribution >= 4 is 41.7 Å². The molecule has 4 fully saturated rings. The van der Waals surface area contributed by atoms with Gasteiger partial charge in [0.2, 0.25) is 5.88 Å². The van der Waals surface area contributed by atoms with Gasteiger partial charge >= 0.3 is 12.1 Å². The minimum atomic E-state index is -2.29. The van der Waals surface area contributed by atoms with Crippen LogP contribution in [0.1, 0.15) is 107 Å². The second kappa shape index (κ2) is 16.4. The Morgan fingerprint density at radius 3 is 2.38 bits per heavy atom. The number of ether oxygens (including phenoxy) is 3. The summed E-state index contributed by atoms with van der Waals surface area (Å²) < 4.78 is 53.6. The molecule has 1 aliphatic carbocycles. The van der Waals surface area contributed by atoms with Crippen molar-refractivity contribution in [2.24, 2.45) is 5.41 Å². The van der Waals surface area contributed by atoms with Gasteiger partial charge in [-0.1, -0.05) is 71.7 Å². The molecule has 0 radical (unpaired) electrons. The van der Waals surface area contributed by atoms with Crippen molar-refractivity contribution in [3.05, 3.63) is 47.5 Å². The number of fused-ring (bicyclic) bond motifs is 6. The van der Waals surface area contributed by atoms with Gasteiger partial charge in [-0.25, -0.2) is 18.6 Å². The van der Waals surface area contributed by atoms with Crippen molar-refractivity contribution in [2.75, 3.05) is 37.7 Å². The Bertz CT molecular complexity index is 2530. The zero-order valence-corrected chi connectivity index (χ0v) is 40.1. The summed E-state index contributed by atoms with van der Waals surface area (Å²) in [7, 11) is -2.29. The van der Waals surface area contributed by atoms with Crippen LogP contribution in [0, 0.1) is 28.5 Å². The highest BCUT2D eigenvalue weighted by Gasteiger charge is 2.54. The molecule has 11 nitrogen and oxygen atoms in total. The molecule has 1 amide bonds. The van der Waals surface area contributed by atoms with Crippen LogP contribution in [0.4, 0.5) is 19.4 Å². The molecule has 64 heavy (non-hydrogen) atoms. The first-order chi connectivity index (χ1) is 30.3. The molecule has 0 spiro atoms. The number of anilines is 1. The van der Waals surface area contributed by atoms with E-state index in [1.165, 1.54) is 6.07 Å². The van der Waals surface area contributed by atoms with Crippen LogP contribution < -0.4 is 14.4 Å². The number of likely N-dealkylation sites (tertiary alicyclic amines) is 1. The zero-order chi connectivity index (χ0) is 45.6. The van der Waals surface area contributed by atoms with Crippen molar-refractivity contribution in [1.29, 1.82) is 0 Å². The molecule has 9 rings (SSSR count). The number of carbonyl (C=O) groups is 1. The molecule has 5 atom stereocenters. The fraction of sp³-hybridized carbons (Fsp3) is 0.600. The number of aliphatic hydroxyl groups is 1. The van der Waals surface area contributed by atoms with Crippen molar-refractivity contribution in [2.45, 2.75) is 154 Å². The number of β-amino-alcohol motifs (C(OH)–C–C–N with tert-alkyl or cyclic N) is 1. The summed E-state index contributed by atoms with van der Waals surface area (Å²) in [4.78, 5) is 35.0. The van der Waals surface area contributed by atoms with Crippen molar-refractivity contribution in [3.63, 3.8) is 0 Å². The number of halogens is 2. The normalized spacial score (nSPS) is 24.0. The number of benzene rings is 2. The number of carbonyl (C=O) groups excluding carboxylic acids is 1. The third kappa shape index (κ3) is 7.76. The smallest absolute Gasteiger partial charge is 0.410 e. The highest BCUT2D eigenvalue weighted by atomic mass is 28.3. The lowest BCUT2D eigenvalue weighted by atomic mass is 9.96. The molecule has 4 aromatic rings. The number of aromatic nitrogens is 3. The highest BCUT2D eigenvalue weighted by molar-refractivity contribution is 6.90. The topological polar surface area (TPSA) is 113 Å². The van der Waals surface area contributed by atoms with Crippen LogP contribution in [0.2, 0.25) is 16.6 Å². The minimum absolute atomic E-state index is 0.00540. The highest BCUT2D eigenvalue weighted by Crippen LogP contribution is 2.50. The lowest BCUT2D eigenvalue weighted by Crippen LogP contribution is -2.65. The van der Waals surface area contributed by atoms with Gasteiger partial charge in [0.25, 0.3) is 0 Å². The molecule has 14 heteroatoms. The molecule has 2 bridgehead atoms. The van der Waals surface area contributed by atoms with Gasteiger partial charge in [0, 0.05) is 42.5 Å². The molecule has 5 aliphatic rings. The summed E-state index contributed by atoms with van der Waals surface area (Å²) >= 11 is 0. The molecule has 6 heterocycles. The maximum atomic E-state index is 17.9. The largest absolute Gasteiger partial charge is 0.472 e. The first-order valence-corrected chi connectivity index (χ1v) is 25.7. The molecule has 1 N–H and O–H groups in total. The van der Waals surface area contributed by atoms with Crippen molar-refractivity contribution < 1.29 is 32.9 Å². The van der Waals surface area contributed by atoms with Crippen LogP contribution >= 0.6 is 0 Å².